The van der Waals surface area contributed by atoms with Crippen molar-refractivity contribution in [2.75, 3.05) is 27.8 Å². The van der Waals surface area contributed by atoms with E-state index in [1.807, 2.05) is 32.2 Å². The van der Waals surface area contributed by atoms with Crippen LogP contribution in [0, 0.1) is 11.3 Å². The van der Waals surface area contributed by atoms with Crippen molar-refractivity contribution in [3.05, 3.63) is 59.2 Å². The predicted octanol–water partition coefficient (Wildman–Crippen LogP) is 4.05. The van der Waals surface area contributed by atoms with Crippen LogP contribution in [0.15, 0.2) is 42.5 Å². The first-order chi connectivity index (χ1) is 16.4. The van der Waals surface area contributed by atoms with E-state index in [1.54, 1.807) is 7.11 Å². The van der Waals surface area contributed by atoms with E-state index in [-0.39, 0.29) is 22.9 Å². The molecule has 1 saturated heterocycles. The van der Waals surface area contributed by atoms with Gasteiger partial charge < -0.3 is 24.2 Å². The molecule has 5 nitrogen and oxygen atoms in total. The fourth-order valence-corrected chi connectivity index (χ4v) is 9.47. The number of aliphatic hydroxyl groups is 1. The van der Waals surface area contributed by atoms with Crippen LogP contribution < -0.4 is 9.47 Å². The number of fused-ring (bicyclic) bond motifs is 2. The number of methoxy groups -OCH3 is 2. The molecule has 0 radical (unpaired) electrons. The topological polar surface area (TPSA) is 51.2 Å². The van der Waals surface area contributed by atoms with Crippen molar-refractivity contribution in [1.29, 1.82) is 0 Å². The molecule has 2 spiro atoms. The van der Waals surface area contributed by atoms with Crippen molar-refractivity contribution in [2.45, 2.75) is 67.8 Å². The number of nitrogens with zero attached hydrogens (tertiary/aromatic N) is 1. The van der Waals surface area contributed by atoms with Crippen LogP contribution in [0.4, 0.5) is 0 Å². The molecule has 8 rings (SSSR count). The van der Waals surface area contributed by atoms with Gasteiger partial charge in [0.25, 0.3) is 0 Å². The summed E-state index contributed by atoms with van der Waals surface area (Å²) in [6.07, 6.45) is 4.90. The highest BCUT2D eigenvalue weighted by atomic mass is 16.6. The fraction of sp³-hybridized carbons (Fsp3) is 0.586. The molecule has 4 aliphatic carbocycles. The summed E-state index contributed by atoms with van der Waals surface area (Å²) in [4.78, 5) is 2.59. The number of piperidine rings is 1. The second-order valence-corrected chi connectivity index (χ2v) is 11.6. The molecule has 2 heterocycles. The van der Waals surface area contributed by atoms with Gasteiger partial charge in [-0.3, -0.25) is 0 Å². The summed E-state index contributed by atoms with van der Waals surface area (Å²) >= 11 is 0. The zero-order chi connectivity index (χ0) is 23.5. The number of rotatable bonds is 4. The van der Waals surface area contributed by atoms with Crippen molar-refractivity contribution in [3.63, 3.8) is 0 Å². The zero-order valence-corrected chi connectivity index (χ0v) is 20.6. The minimum atomic E-state index is -1.03. The van der Waals surface area contributed by atoms with Crippen molar-refractivity contribution in [2.24, 2.45) is 11.3 Å². The molecule has 6 aliphatic rings. The Balaban J connectivity index is 1.50. The van der Waals surface area contributed by atoms with Gasteiger partial charge in [-0.05, 0) is 69.8 Å². The third-order valence-corrected chi connectivity index (χ3v) is 10.9. The molecule has 4 bridgehead atoms. The Morgan fingerprint density at radius 3 is 2.62 bits per heavy atom. The van der Waals surface area contributed by atoms with E-state index in [0.717, 1.165) is 55.7 Å². The predicted molar refractivity (Wildman–Crippen MR) is 129 cm³/mol. The maximum absolute atomic E-state index is 12.2. The van der Waals surface area contributed by atoms with Gasteiger partial charge in [0.1, 0.15) is 11.7 Å². The Kier molecular flexibility index (Phi) is 4.10. The van der Waals surface area contributed by atoms with E-state index in [4.69, 9.17) is 14.2 Å². The molecule has 180 valence electrons. The third-order valence-electron chi connectivity index (χ3n) is 10.9. The van der Waals surface area contributed by atoms with E-state index < -0.39 is 11.2 Å². The number of benzene rings is 2. The summed E-state index contributed by atoms with van der Waals surface area (Å²) in [6.45, 7) is 3.05. The first-order valence-electron chi connectivity index (χ1n) is 12.8. The largest absolute Gasteiger partial charge is 0.493 e. The highest BCUT2D eigenvalue weighted by Gasteiger charge is 2.81. The minimum absolute atomic E-state index is 0.0407. The van der Waals surface area contributed by atoms with Gasteiger partial charge in [0.05, 0.1) is 12.7 Å². The van der Waals surface area contributed by atoms with Crippen LogP contribution in [0.1, 0.15) is 49.3 Å². The monoisotopic (exact) mass is 461 g/mol. The number of likely N-dealkylation sites (tertiary alicyclic amines) is 1. The molecule has 0 amide bonds. The molecule has 2 aromatic rings. The van der Waals surface area contributed by atoms with Crippen LogP contribution in [0.3, 0.4) is 0 Å². The highest BCUT2D eigenvalue weighted by molar-refractivity contribution is 5.63. The molecule has 7 atom stereocenters. The minimum Gasteiger partial charge on any atom is -0.493 e. The molecule has 5 heteroatoms. The standard InChI is InChI=1S/C29H35NO4/c1-26(31,19-8-6-5-7-9-19)21-17-27-12-13-29(21,33-4)25-28(27)14-15-30(2)22(27)16-18-10-11-20(32-3)24(34-25)23(18)28/h5-11,21-22,25,31H,12-17H2,1-4H3/t21-,22-,25-,26-,27-,28+,29-/m1/s1. The van der Waals surface area contributed by atoms with Crippen molar-refractivity contribution < 1.29 is 19.3 Å². The van der Waals surface area contributed by atoms with Gasteiger partial charge >= 0.3 is 0 Å². The van der Waals surface area contributed by atoms with Gasteiger partial charge in [-0.1, -0.05) is 36.4 Å². The second kappa shape index (κ2) is 6.57. The Labute approximate surface area is 202 Å². The number of hydrogen-bond donors (Lipinski definition) is 1. The van der Waals surface area contributed by atoms with Crippen molar-refractivity contribution in [3.8, 4) is 11.5 Å². The molecule has 2 aromatic carbocycles. The first kappa shape index (κ1) is 21.2. The third kappa shape index (κ3) is 2.11. The first-order valence-corrected chi connectivity index (χ1v) is 12.8. The summed E-state index contributed by atoms with van der Waals surface area (Å²) in [7, 11) is 5.87. The van der Waals surface area contributed by atoms with Crippen LogP contribution in [0.5, 0.6) is 11.5 Å². The Hall–Kier alpha value is -2.08. The molecule has 2 aliphatic heterocycles. The maximum atomic E-state index is 12.2. The van der Waals surface area contributed by atoms with Gasteiger partial charge in [-0.15, -0.1) is 0 Å². The second-order valence-electron chi connectivity index (χ2n) is 11.6. The normalized spacial score (nSPS) is 40.9. The molecule has 4 fully saturated rings. The van der Waals surface area contributed by atoms with E-state index in [1.165, 1.54) is 11.1 Å². The highest BCUT2D eigenvalue weighted by Crippen LogP contribution is 2.77. The number of hydrogen-bond acceptors (Lipinski definition) is 5. The van der Waals surface area contributed by atoms with Crippen LogP contribution in [0.2, 0.25) is 0 Å². The Bertz CT molecular complexity index is 1160. The Morgan fingerprint density at radius 2 is 1.88 bits per heavy atom. The van der Waals surface area contributed by atoms with Crippen molar-refractivity contribution >= 4 is 0 Å². The van der Waals surface area contributed by atoms with Crippen molar-refractivity contribution in [1.82, 2.24) is 4.90 Å². The molecular formula is C29H35NO4. The average Bonchev–Trinajstić information content (AvgIpc) is 3.23. The lowest BCUT2D eigenvalue weighted by molar-refractivity contribution is -0.303. The number of ether oxygens (including phenoxy) is 3. The van der Waals surface area contributed by atoms with Crippen LogP contribution in [-0.4, -0.2) is 55.6 Å². The van der Waals surface area contributed by atoms with Crippen LogP contribution >= 0.6 is 0 Å². The molecule has 0 aromatic heterocycles. The average molecular weight is 462 g/mol. The SMILES string of the molecule is COc1ccc2c3c1O[C@H]1[C@@]4(OC)CC[C@@]5(C[C@@H]4[C@](C)(O)c4ccccc4)[C@@H](C2)N(C)CC[C@]315. The molecular weight excluding hydrogens is 426 g/mol. The van der Waals surface area contributed by atoms with Crippen LogP contribution in [-0.2, 0) is 22.2 Å². The smallest absolute Gasteiger partial charge is 0.165 e. The molecule has 1 N–H and O–H groups in total. The maximum Gasteiger partial charge on any atom is 0.165 e. The van der Waals surface area contributed by atoms with E-state index in [2.05, 4.69) is 36.2 Å². The number of likely N-dealkylation sites (N-methyl/N-ethyl adjacent to an activating group) is 1. The van der Waals surface area contributed by atoms with Crippen LogP contribution in [0.25, 0.3) is 0 Å². The lowest BCUT2D eigenvalue weighted by Crippen LogP contribution is -2.82. The Morgan fingerprint density at radius 1 is 1.09 bits per heavy atom. The molecule has 3 saturated carbocycles. The quantitative estimate of drug-likeness (QED) is 0.745. The van der Waals surface area contributed by atoms with Gasteiger partial charge in [0, 0.05) is 35.5 Å². The van der Waals surface area contributed by atoms with Gasteiger partial charge in [0.2, 0.25) is 0 Å². The fourth-order valence-electron chi connectivity index (χ4n) is 9.47. The van der Waals surface area contributed by atoms with Gasteiger partial charge in [0.15, 0.2) is 11.5 Å². The van der Waals surface area contributed by atoms with E-state index in [0.29, 0.717) is 6.04 Å². The van der Waals surface area contributed by atoms with Gasteiger partial charge in [-0.25, -0.2) is 0 Å². The van der Waals surface area contributed by atoms with E-state index in [9.17, 15) is 5.11 Å². The molecule has 34 heavy (non-hydrogen) atoms. The molecule has 0 unspecified atom stereocenters. The summed E-state index contributed by atoms with van der Waals surface area (Å²) in [5.74, 6) is 1.68. The summed E-state index contributed by atoms with van der Waals surface area (Å²) < 4.78 is 19.5. The summed E-state index contributed by atoms with van der Waals surface area (Å²) in [6, 6.07) is 14.9. The lowest BCUT2D eigenvalue weighted by atomic mass is 9.33. The summed E-state index contributed by atoms with van der Waals surface area (Å²) in [5.41, 5.74) is 2.10. The van der Waals surface area contributed by atoms with E-state index >= 15 is 0 Å². The zero-order valence-electron chi connectivity index (χ0n) is 20.6. The van der Waals surface area contributed by atoms with Gasteiger partial charge in [-0.2, -0.15) is 0 Å². The summed E-state index contributed by atoms with van der Waals surface area (Å²) in [5, 5.41) is 12.2. The lowest BCUT2D eigenvalue weighted by Gasteiger charge is -2.74.